The normalized spacial score (nSPS) is 23.6. The van der Waals surface area contributed by atoms with Crippen LogP contribution in [0.1, 0.15) is 27.7 Å². The highest BCUT2D eigenvalue weighted by molar-refractivity contribution is 6.12. The molecule has 0 aromatic rings. The van der Waals surface area contributed by atoms with Crippen LogP contribution in [0.4, 0.5) is 0 Å². The molecule has 1 atom stereocenters. The molecular weight excluding hydrogens is 172 g/mol. The van der Waals surface area contributed by atoms with Gasteiger partial charge in [-0.15, -0.1) is 0 Å². The molecule has 1 aliphatic carbocycles. The number of hydrogen-bond donors (Lipinski definition) is 0. The number of allylic oxidation sites excluding steroid dienone is 4. The lowest BCUT2D eigenvalue weighted by Gasteiger charge is -2.09. The monoisotopic (exact) mass is 191 g/mol. The molecule has 0 aromatic heterocycles. The molecule has 1 unspecified atom stereocenters. The second-order valence-electron chi connectivity index (χ2n) is 3.47. The molecular formula is C12H19N2+. The summed E-state index contributed by atoms with van der Waals surface area (Å²) in [5.41, 5.74) is 3.83. The number of fused-ring (bicyclic) bond motifs is 1. The minimum atomic E-state index is 0.417. The van der Waals surface area contributed by atoms with E-state index in [1.807, 2.05) is 25.6 Å². The molecule has 1 aliphatic heterocycles. The van der Waals surface area contributed by atoms with Gasteiger partial charge >= 0.3 is 0 Å². The Balaban J connectivity index is 0.000000461. The molecule has 2 aliphatic rings. The smallest absolute Gasteiger partial charge is 0.0967 e. The van der Waals surface area contributed by atoms with Crippen molar-refractivity contribution >= 4 is 11.9 Å². The van der Waals surface area contributed by atoms with E-state index < -0.39 is 0 Å². The third-order valence-corrected chi connectivity index (χ3v) is 2.25. The summed E-state index contributed by atoms with van der Waals surface area (Å²) < 4.78 is 1.90. The van der Waals surface area contributed by atoms with Gasteiger partial charge in [-0.3, -0.25) is 0 Å². The van der Waals surface area contributed by atoms with Gasteiger partial charge in [-0.1, -0.05) is 36.3 Å². The second-order valence-corrected chi connectivity index (χ2v) is 3.47. The molecule has 2 nitrogen and oxygen atoms in total. The molecule has 0 aromatic carbocycles. The molecule has 0 spiro atoms. The summed E-state index contributed by atoms with van der Waals surface area (Å²) in [6, 6.07) is 0. The summed E-state index contributed by atoms with van der Waals surface area (Å²) in [5, 5.41) is 4.41. The minimum absolute atomic E-state index is 0.417. The molecule has 1 heterocycles. The van der Waals surface area contributed by atoms with E-state index >= 15 is 0 Å². The predicted molar refractivity (Wildman–Crippen MR) is 62.0 cm³/mol. The molecule has 0 fully saturated rings. The van der Waals surface area contributed by atoms with Crippen molar-refractivity contribution in [2.24, 2.45) is 11.0 Å². The lowest BCUT2D eigenvalue weighted by Crippen LogP contribution is -2.14. The summed E-state index contributed by atoms with van der Waals surface area (Å²) in [5.74, 6) is 0.417. The summed E-state index contributed by atoms with van der Waals surface area (Å²) in [4.78, 5) is 0. The van der Waals surface area contributed by atoms with Crippen molar-refractivity contribution in [2.75, 3.05) is 7.05 Å². The first-order chi connectivity index (χ1) is 6.66. The van der Waals surface area contributed by atoms with Crippen LogP contribution in [0.2, 0.25) is 0 Å². The fourth-order valence-corrected chi connectivity index (χ4v) is 1.78. The van der Waals surface area contributed by atoms with E-state index in [1.165, 1.54) is 16.9 Å². The van der Waals surface area contributed by atoms with Gasteiger partial charge in [-0.05, 0) is 24.5 Å². The third kappa shape index (κ3) is 2.00. The second kappa shape index (κ2) is 4.36. The van der Waals surface area contributed by atoms with Crippen LogP contribution >= 0.6 is 0 Å². The Morgan fingerprint density at radius 3 is 2.57 bits per heavy atom. The van der Waals surface area contributed by atoms with Crippen molar-refractivity contribution in [1.29, 1.82) is 0 Å². The first-order valence-electron chi connectivity index (χ1n) is 5.20. The van der Waals surface area contributed by atoms with E-state index in [0.717, 1.165) is 0 Å². The topological polar surface area (TPSA) is 15.4 Å². The number of rotatable bonds is 0. The van der Waals surface area contributed by atoms with Gasteiger partial charge in [0.25, 0.3) is 0 Å². The van der Waals surface area contributed by atoms with Crippen molar-refractivity contribution in [2.45, 2.75) is 27.7 Å². The van der Waals surface area contributed by atoms with Crippen LogP contribution in [0, 0.1) is 5.92 Å². The average molecular weight is 191 g/mol. The highest BCUT2D eigenvalue weighted by atomic mass is 15.4. The molecule has 0 bridgehead atoms. The Bertz CT molecular complexity index is 343. The van der Waals surface area contributed by atoms with Crippen molar-refractivity contribution in [3.05, 3.63) is 23.3 Å². The van der Waals surface area contributed by atoms with Crippen molar-refractivity contribution in [3.63, 3.8) is 0 Å². The van der Waals surface area contributed by atoms with E-state index in [9.17, 15) is 0 Å². The maximum Gasteiger partial charge on any atom is 0.185 e. The van der Waals surface area contributed by atoms with E-state index in [4.69, 9.17) is 0 Å². The molecule has 14 heavy (non-hydrogen) atoms. The number of hydrazone groups is 1. The summed E-state index contributed by atoms with van der Waals surface area (Å²) in [6.07, 6.45) is 6.56. The zero-order valence-electron chi connectivity index (χ0n) is 9.70. The van der Waals surface area contributed by atoms with E-state index in [1.54, 1.807) is 0 Å². The molecule has 0 radical (unpaired) electrons. The zero-order valence-corrected chi connectivity index (χ0v) is 9.70. The van der Waals surface area contributed by atoms with Crippen molar-refractivity contribution < 1.29 is 4.68 Å². The molecule has 0 saturated heterocycles. The maximum absolute atomic E-state index is 4.41. The Kier molecular flexibility index (Phi) is 3.39. The first kappa shape index (κ1) is 10.9. The van der Waals surface area contributed by atoms with Crippen LogP contribution in [0.25, 0.3) is 0 Å². The Hall–Kier alpha value is -1.18. The highest BCUT2D eigenvalue weighted by Crippen LogP contribution is 2.21. The summed E-state index contributed by atoms with van der Waals surface area (Å²) in [6.45, 7) is 8.25. The van der Waals surface area contributed by atoms with Crippen molar-refractivity contribution in [1.82, 2.24) is 0 Å². The molecule has 76 valence electrons. The van der Waals surface area contributed by atoms with Crippen LogP contribution in [0.3, 0.4) is 0 Å². The predicted octanol–water partition coefficient (Wildman–Crippen LogP) is 2.62. The standard InChI is InChI=1S/C10H13N2.C2H6/c1-7-4-8(2)10-9(5-7)6-12(3)11-10;1-2/h4-6,9H,1-3H3;1-2H3/q+1;. The van der Waals surface area contributed by atoms with Crippen molar-refractivity contribution in [3.8, 4) is 0 Å². The van der Waals surface area contributed by atoms with Gasteiger partial charge in [0.05, 0.1) is 0 Å². The highest BCUT2D eigenvalue weighted by Gasteiger charge is 2.27. The van der Waals surface area contributed by atoms with Crippen LogP contribution < -0.4 is 0 Å². The van der Waals surface area contributed by atoms with Gasteiger partial charge in [-0.2, -0.15) is 0 Å². The number of nitrogens with zero attached hydrogens (tertiary/aromatic N) is 2. The Labute approximate surface area is 86.3 Å². The molecule has 0 saturated carbocycles. The first-order valence-corrected chi connectivity index (χ1v) is 5.20. The van der Waals surface area contributed by atoms with Gasteiger partial charge in [0.15, 0.2) is 13.3 Å². The SMILES string of the molecule is CC.CC1=CC2C=[N+](C)N=C2C(C)=C1. The van der Waals surface area contributed by atoms with E-state index in [0.29, 0.717) is 5.92 Å². The van der Waals surface area contributed by atoms with Crippen LogP contribution in [-0.2, 0) is 0 Å². The lowest BCUT2D eigenvalue weighted by atomic mass is 9.91. The van der Waals surface area contributed by atoms with Crippen LogP contribution in [-0.4, -0.2) is 23.7 Å². The van der Waals surface area contributed by atoms with E-state index in [-0.39, 0.29) is 0 Å². The minimum Gasteiger partial charge on any atom is -0.0967 e. The maximum atomic E-state index is 4.41. The van der Waals surface area contributed by atoms with Gasteiger partial charge in [0.1, 0.15) is 11.6 Å². The van der Waals surface area contributed by atoms with Crippen LogP contribution in [0.15, 0.2) is 28.4 Å². The molecule has 0 N–H and O–H groups in total. The number of hydrogen-bond acceptors (Lipinski definition) is 1. The molecule has 2 rings (SSSR count). The van der Waals surface area contributed by atoms with Crippen LogP contribution in [0.5, 0.6) is 0 Å². The van der Waals surface area contributed by atoms with Gasteiger partial charge in [0.2, 0.25) is 0 Å². The third-order valence-electron chi connectivity index (χ3n) is 2.25. The fourth-order valence-electron chi connectivity index (χ4n) is 1.78. The van der Waals surface area contributed by atoms with Gasteiger partial charge in [0, 0.05) is 0 Å². The van der Waals surface area contributed by atoms with Gasteiger partial charge < -0.3 is 0 Å². The summed E-state index contributed by atoms with van der Waals surface area (Å²) in [7, 11) is 1.97. The molecule has 2 heteroatoms. The quantitative estimate of drug-likeness (QED) is 0.523. The van der Waals surface area contributed by atoms with E-state index in [2.05, 4.69) is 37.3 Å². The average Bonchev–Trinajstić information content (AvgIpc) is 2.49. The van der Waals surface area contributed by atoms with Gasteiger partial charge in [-0.25, -0.2) is 0 Å². The largest absolute Gasteiger partial charge is 0.185 e. The Morgan fingerprint density at radius 2 is 1.93 bits per heavy atom. The molecule has 0 amide bonds. The fraction of sp³-hybridized carbons (Fsp3) is 0.500. The Morgan fingerprint density at radius 1 is 1.29 bits per heavy atom. The summed E-state index contributed by atoms with van der Waals surface area (Å²) >= 11 is 0. The zero-order chi connectivity index (χ0) is 10.7. The lowest BCUT2D eigenvalue weighted by molar-refractivity contribution is -0.495.